The molecule has 2 aromatic heterocycles. The van der Waals surface area contributed by atoms with Crippen LogP contribution in [0.4, 0.5) is 8.78 Å². The first kappa shape index (κ1) is 43.0. The molecule has 0 saturated carbocycles. The number of carbonyl (C=O) groups excluding carboxylic acids is 2. The summed E-state index contributed by atoms with van der Waals surface area (Å²) in [4.78, 5) is 36.0. The fraction of sp³-hybridized carbons (Fsp3) is 0.255. The molecule has 11 rings (SSSR count). The molecule has 5 aliphatic heterocycles. The van der Waals surface area contributed by atoms with Crippen molar-refractivity contribution in [3.05, 3.63) is 167 Å². The first-order valence-electron chi connectivity index (χ1n) is 22.1. The maximum absolute atomic E-state index is 13.7. The van der Waals surface area contributed by atoms with Gasteiger partial charge in [-0.15, -0.1) is 10.2 Å². The molecule has 14 nitrogen and oxygen atoms in total. The number of hydrazone groups is 2. The number of aromatic nitrogens is 4. The molecule has 2 atom stereocenters. The number of amides is 2. The standard InChI is InChI=1S/C27H26FN5O2.C24H21FN4O3/c1-18-16-31(17-29-18)23-10-5-19(15-24(23)35-2)14-20-4-3-13-32-26(20)30-33-25(34)11-12-27(32,33)21-6-8-22(28)9-7-21;1-16-14-28(15-26-16)20-9-3-17(13-21(20)31-2)4-10-22-27-29-23(30)11-12-24(29,32-22)18-5-7-19(25)8-6-18/h5-10,14-17H,3-4,11-13H2,1-2H3;3-10,13-15H,11-12H2,1-2H3/b20-14+;10-4+. The molecule has 7 heterocycles. The minimum atomic E-state index is -1.02. The van der Waals surface area contributed by atoms with E-state index in [2.05, 4.69) is 32.1 Å². The number of halogens is 2. The smallest absolute Gasteiger partial charge is 0.246 e. The van der Waals surface area contributed by atoms with Crippen LogP contribution in [-0.2, 0) is 25.7 Å². The number of nitrogens with zero attached hydrogens (tertiary/aromatic N) is 9. The molecule has 16 heteroatoms. The molecule has 5 aliphatic rings. The molecular weight excluding hydrogens is 857 g/mol. The second kappa shape index (κ2) is 17.2. The number of benzene rings is 4. The molecule has 0 aliphatic carbocycles. The molecule has 6 aromatic rings. The number of ether oxygens (including phenoxy) is 3. The van der Waals surface area contributed by atoms with Gasteiger partial charge in [0.05, 0.1) is 49.6 Å². The van der Waals surface area contributed by atoms with E-state index in [4.69, 9.17) is 19.3 Å². The van der Waals surface area contributed by atoms with Crippen LogP contribution >= 0.6 is 0 Å². The highest BCUT2D eigenvalue weighted by Crippen LogP contribution is 2.50. The summed E-state index contributed by atoms with van der Waals surface area (Å²) < 4.78 is 48.3. The predicted octanol–water partition coefficient (Wildman–Crippen LogP) is 8.77. The largest absolute Gasteiger partial charge is 0.495 e. The van der Waals surface area contributed by atoms with Gasteiger partial charge >= 0.3 is 0 Å². The Hall–Kier alpha value is -7.88. The van der Waals surface area contributed by atoms with Crippen molar-refractivity contribution < 1.29 is 32.6 Å². The molecule has 0 bridgehead atoms. The summed E-state index contributed by atoms with van der Waals surface area (Å²) in [6.07, 6.45) is 16.7. The summed E-state index contributed by atoms with van der Waals surface area (Å²) in [5.74, 6) is 1.81. The minimum absolute atomic E-state index is 0.00257. The van der Waals surface area contributed by atoms with Gasteiger partial charge in [-0.1, -0.05) is 36.4 Å². The van der Waals surface area contributed by atoms with E-state index in [0.717, 1.165) is 76.0 Å². The minimum Gasteiger partial charge on any atom is -0.495 e. The average Bonchev–Trinajstić information content (AvgIpc) is 4.21. The van der Waals surface area contributed by atoms with Crippen LogP contribution in [0.15, 0.2) is 132 Å². The molecule has 340 valence electrons. The van der Waals surface area contributed by atoms with E-state index >= 15 is 0 Å². The van der Waals surface area contributed by atoms with Crippen LogP contribution in [0.2, 0.25) is 0 Å². The van der Waals surface area contributed by atoms with Gasteiger partial charge in [0.2, 0.25) is 23.4 Å². The molecule has 0 radical (unpaired) electrons. The molecule has 3 saturated heterocycles. The van der Waals surface area contributed by atoms with Crippen molar-refractivity contribution in [1.82, 2.24) is 34.0 Å². The second-order valence-corrected chi connectivity index (χ2v) is 17.0. The van der Waals surface area contributed by atoms with Crippen LogP contribution in [0.3, 0.4) is 0 Å². The van der Waals surface area contributed by atoms with E-state index in [1.165, 1.54) is 29.3 Å². The maximum atomic E-state index is 13.7. The van der Waals surface area contributed by atoms with Crippen LogP contribution in [-0.4, -0.2) is 78.3 Å². The highest BCUT2D eigenvalue weighted by molar-refractivity contribution is 6.05. The summed E-state index contributed by atoms with van der Waals surface area (Å²) in [5.41, 5.74) is 6.48. The highest BCUT2D eigenvalue weighted by atomic mass is 19.1. The maximum Gasteiger partial charge on any atom is 0.246 e. The van der Waals surface area contributed by atoms with Crippen molar-refractivity contribution in [3.63, 3.8) is 0 Å². The van der Waals surface area contributed by atoms with Crippen LogP contribution in [0, 0.1) is 25.5 Å². The van der Waals surface area contributed by atoms with Crippen LogP contribution < -0.4 is 9.47 Å². The van der Waals surface area contributed by atoms with Crippen molar-refractivity contribution in [3.8, 4) is 22.9 Å². The van der Waals surface area contributed by atoms with Gasteiger partial charge in [-0.25, -0.2) is 23.8 Å². The van der Waals surface area contributed by atoms with Crippen molar-refractivity contribution in [1.29, 1.82) is 0 Å². The Morgan fingerprint density at radius 2 is 1.25 bits per heavy atom. The summed E-state index contributed by atoms with van der Waals surface area (Å²) >= 11 is 0. The normalized spacial score (nSPS) is 21.2. The Kier molecular flexibility index (Phi) is 11.0. The number of imidazole rings is 2. The highest BCUT2D eigenvalue weighted by Gasteiger charge is 2.58. The molecule has 2 unspecified atom stereocenters. The summed E-state index contributed by atoms with van der Waals surface area (Å²) in [6, 6.07) is 24.3. The van der Waals surface area contributed by atoms with E-state index in [1.54, 1.807) is 62.2 Å². The Bertz CT molecular complexity index is 3030. The first-order chi connectivity index (χ1) is 32.5. The van der Waals surface area contributed by atoms with Gasteiger partial charge in [0, 0.05) is 61.8 Å². The number of rotatable bonds is 9. The molecule has 2 amide bonds. The second-order valence-electron chi connectivity index (χ2n) is 17.0. The first-order valence-corrected chi connectivity index (χ1v) is 22.1. The molecule has 3 fully saturated rings. The topological polar surface area (TPSA) is 132 Å². The van der Waals surface area contributed by atoms with Gasteiger partial charge in [-0.2, -0.15) is 5.01 Å². The lowest BCUT2D eigenvalue weighted by Crippen LogP contribution is -2.52. The van der Waals surface area contributed by atoms with Gasteiger partial charge in [-0.3, -0.25) is 9.59 Å². The molecule has 0 N–H and O–H groups in total. The van der Waals surface area contributed by atoms with Gasteiger partial charge in [-0.05, 0) is 104 Å². The van der Waals surface area contributed by atoms with E-state index < -0.39 is 11.4 Å². The fourth-order valence-electron chi connectivity index (χ4n) is 9.55. The quantitative estimate of drug-likeness (QED) is 0.141. The summed E-state index contributed by atoms with van der Waals surface area (Å²) in [5, 5.41) is 12.2. The van der Waals surface area contributed by atoms with Gasteiger partial charge < -0.3 is 28.2 Å². The fourth-order valence-corrected chi connectivity index (χ4v) is 9.55. The Balaban J connectivity index is 0.000000157. The van der Waals surface area contributed by atoms with Crippen LogP contribution in [0.5, 0.6) is 11.5 Å². The predicted molar refractivity (Wildman–Crippen MR) is 247 cm³/mol. The zero-order valence-corrected chi connectivity index (χ0v) is 37.4. The van der Waals surface area contributed by atoms with Crippen molar-refractivity contribution in [2.75, 3.05) is 20.8 Å². The lowest BCUT2D eigenvalue weighted by atomic mass is 9.91. The number of methoxy groups -OCH3 is 2. The number of piperidine rings is 1. The van der Waals surface area contributed by atoms with Crippen LogP contribution in [0.25, 0.3) is 23.5 Å². The number of hydrogen-bond donors (Lipinski definition) is 0. The van der Waals surface area contributed by atoms with Crippen LogP contribution in [0.1, 0.15) is 72.2 Å². The third-order valence-electron chi connectivity index (χ3n) is 12.8. The lowest BCUT2D eigenvalue weighted by molar-refractivity contribution is -0.138. The lowest BCUT2D eigenvalue weighted by Gasteiger charge is -2.42. The Morgan fingerprint density at radius 3 is 1.87 bits per heavy atom. The molecule has 67 heavy (non-hydrogen) atoms. The van der Waals surface area contributed by atoms with E-state index in [1.807, 2.05) is 71.8 Å². The zero-order valence-electron chi connectivity index (χ0n) is 37.4. The Labute approximate surface area is 385 Å². The van der Waals surface area contributed by atoms with Gasteiger partial charge in [0.1, 0.15) is 23.1 Å². The van der Waals surface area contributed by atoms with Crippen molar-refractivity contribution >= 4 is 35.7 Å². The monoisotopic (exact) mass is 903 g/mol. The number of fused-ring (bicyclic) bond motifs is 4. The average molecular weight is 904 g/mol. The van der Waals surface area contributed by atoms with Crippen molar-refractivity contribution in [2.24, 2.45) is 10.2 Å². The van der Waals surface area contributed by atoms with Gasteiger partial charge in [0.15, 0.2) is 11.5 Å². The third kappa shape index (κ3) is 7.71. The Morgan fingerprint density at radius 1 is 0.672 bits per heavy atom. The molecule has 4 aromatic carbocycles. The van der Waals surface area contributed by atoms with E-state index in [9.17, 15) is 18.4 Å². The third-order valence-corrected chi connectivity index (χ3v) is 12.8. The molecule has 0 spiro atoms. The molecular formula is C51H47F2N9O5. The van der Waals surface area contributed by atoms with Gasteiger partial charge in [0.25, 0.3) is 0 Å². The van der Waals surface area contributed by atoms with Crippen molar-refractivity contribution in [2.45, 2.75) is 63.8 Å². The van der Waals surface area contributed by atoms with E-state index in [0.29, 0.717) is 42.9 Å². The SMILES string of the molecule is COc1cc(/C=C/C2=NN3C(=O)CCC3(c3ccc(F)cc3)O2)ccc1-n1cnc(C)c1.COc1cc(/C=C2\CCCN3C2=NN2C(=O)CCC32c2ccc(F)cc2)ccc1-n1cnc(C)c1. The number of amidine groups is 1. The number of hydrogen-bond acceptors (Lipinski definition) is 10. The number of aryl methyl sites for hydroxylation is 2. The summed E-state index contributed by atoms with van der Waals surface area (Å²) in [6.45, 7) is 4.67. The zero-order chi connectivity index (χ0) is 46.5. The number of carbonyl (C=O) groups is 2. The summed E-state index contributed by atoms with van der Waals surface area (Å²) in [7, 11) is 3.28. The van der Waals surface area contributed by atoms with E-state index in [-0.39, 0.29) is 23.4 Å².